The first kappa shape index (κ1) is 14.4. The van der Waals surface area contributed by atoms with Gasteiger partial charge in [-0.3, -0.25) is 4.79 Å². The third kappa shape index (κ3) is 3.05. The summed E-state index contributed by atoms with van der Waals surface area (Å²) in [5.41, 5.74) is 1.37. The van der Waals surface area contributed by atoms with Crippen LogP contribution in [0.2, 0.25) is 0 Å². The first-order valence-corrected chi connectivity index (χ1v) is 6.57. The number of amides is 1. The van der Waals surface area contributed by atoms with E-state index in [2.05, 4.69) is 15.2 Å². The van der Waals surface area contributed by atoms with Crippen molar-refractivity contribution in [2.45, 2.75) is 25.6 Å². The average molecular weight is 312 g/mol. The lowest BCUT2D eigenvalue weighted by Gasteiger charge is -2.09. The maximum atomic E-state index is 12.1. The Bertz CT molecular complexity index is 692. The van der Waals surface area contributed by atoms with Crippen molar-refractivity contribution < 1.29 is 27.2 Å². The van der Waals surface area contributed by atoms with Crippen LogP contribution in [-0.4, -0.2) is 17.4 Å². The van der Waals surface area contributed by atoms with Crippen molar-refractivity contribution in [1.29, 1.82) is 0 Å². The molecule has 1 N–H and O–H groups in total. The van der Waals surface area contributed by atoms with Crippen molar-refractivity contribution in [3.63, 3.8) is 0 Å². The maximum Gasteiger partial charge on any atom is 0.573 e. The van der Waals surface area contributed by atoms with Gasteiger partial charge in [0.15, 0.2) is 5.69 Å². The topological polar surface area (TPSA) is 64.4 Å². The number of halogens is 3. The Kier molecular flexibility index (Phi) is 3.51. The second-order valence-electron chi connectivity index (χ2n) is 4.81. The molecule has 0 spiro atoms. The van der Waals surface area contributed by atoms with Gasteiger partial charge in [0.2, 0.25) is 0 Å². The van der Waals surface area contributed by atoms with Gasteiger partial charge in [0.05, 0.1) is 0 Å². The number of nitrogens with one attached hydrogen (secondary N) is 1. The zero-order valence-electron chi connectivity index (χ0n) is 11.2. The Balaban J connectivity index is 1.69. The molecule has 2 aromatic rings. The lowest BCUT2D eigenvalue weighted by Crippen LogP contribution is -2.17. The molecular weight excluding hydrogens is 301 g/mol. The number of benzene rings is 1. The second kappa shape index (κ2) is 5.36. The van der Waals surface area contributed by atoms with Crippen LogP contribution in [0.3, 0.4) is 0 Å². The van der Waals surface area contributed by atoms with Crippen molar-refractivity contribution in [1.82, 2.24) is 5.16 Å². The van der Waals surface area contributed by atoms with Crippen molar-refractivity contribution in [2.75, 3.05) is 5.32 Å². The van der Waals surface area contributed by atoms with Gasteiger partial charge in [-0.25, -0.2) is 0 Å². The minimum absolute atomic E-state index is 0.225. The van der Waals surface area contributed by atoms with Gasteiger partial charge in [-0.15, -0.1) is 13.2 Å². The van der Waals surface area contributed by atoms with Gasteiger partial charge in [0, 0.05) is 17.7 Å². The highest BCUT2D eigenvalue weighted by molar-refractivity contribution is 6.04. The quantitative estimate of drug-likeness (QED) is 0.944. The molecule has 0 unspecified atom stereocenters. The van der Waals surface area contributed by atoms with Crippen LogP contribution in [0.1, 0.15) is 28.2 Å². The van der Waals surface area contributed by atoms with E-state index in [4.69, 9.17) is 4.52 Å². The van der Waals surface area contributed by atoms with E-state index in [9.17, 15) is 18.0 Å². The van der Waals surface area contributed by atoms with Gasteiger partial charge in [-0.1, -0.05) is 5.16 Å². The molecule has 1 aromatic heterocycles. The van der Waals surface area contributed by atoms with E-state index in [1.165, 1.54) is 12.1 Å². The Morgan fingerprint density at radius 2 is 1.95 bits per heavy atom. The second-order valence-corrected chi connectivity index (χ2v) is 4.81. The number of aromatic nitrogens is 1. The summed E-state index contributed by atoms with van der Waals surface area (Å²) in [5.74, 6) is -0.0803. The highest BCUT2D eigenvalue weighted by atomic mass is 19.4. The summed E-state index contributed by atoms with van der Waals surface area (Å²) in [6.07, 6.45) is -2.33. The van der Waals surface area contributed by atoms with Crippen LogP contribution in [0, 0.1) is 0 Å². The molecule has 5 nitrogen and oxygen atoms in total. The molecule has 1 aliphatic carbocycles. The van der Waals surface area contributed by atoms with Crippen LogP contribution < -0.4 is 10.1 Å². The fraction of sp³-hybridized carbons (Fsp3) is 0.286. The zero-order chi connectivity index (χ0) is 15.7. The Hall–Kier alpha value is -2.51. The first-order chi connectivity index (χ1) is 10.4. The summed E-state index contributed by atoms with van der Waals surface area (Å²) in [7, 11) is 0. The summed E-state index contributed by atoms with van der Waals surface area (Å²) in [4.78, 5) is 12.1. The number of aryl methyl sites for hydroxylation is 1. The number of fused-ring (bicyclic) bond motifs is 1. The van der Waals surface area contributed by atoms with Gasteiger partial charge < -0.3 is 14.6 Å². The lowest BCUT2D eigenvalue weighted by atomic mass is 10.2. The van der Waals surface area contributed by atoms with E-state index in [-0.39, 0.29) is 11.4 Å². The summed E-state index contributed by atoms with van der Waals surface area (Å²) in [5, 5.41) is 6.31. The monoisotopic (exact) mass is 312 g/mol. The average Bonchev–Trinajstić information content (AvgIpc) is 3.01. The molecule has 0 radical (unpaired) electrons. The molecule has 1 heterocycles. The molecule has 116 valence electrons. The minimum atomic E-state index is -4.74. The number of alkyl halides is 3. The highest BCUT2D eigenvalue weighted by Crippen LogP contribution is 2.27. The smallest absolute Gasteiger partial charge is 0.406 e. The zero-order valence-corrected chi connectivity index (χ0v) is 11.2. The van der Waals surface area contributed by atoms with Crippen LogP contribution in [0.4, 0.5) is 18.9 Å². The number of carbonyl (C=O) groups excluding carboxylic acids is 1. The fourth-order valence-electron chi connectivity index (χ4n) is 2.33. The Morgan fingerprint density at radius 1 is 1.23 bits per heavy atom. The Labute approximate surface area is 123 Å². The van der Waals surface area contributed by atoms with Crippen molar-refractivity contribution >= 4 is 11.6 Å². The number of hydrogen-bond acceptors (Lipinski definition) is 4. The van der Waals surface area contributed by atoms with E-state index < -0.39 is 12.3 Å². The molecular formula is C14H11F3N2O3. The Morgan fingerprint density at radius 3 is 2.64 bits per heavy atom. The standard InChI is InChI=1S/C14H11F3N2O3/c15-14(16,17)21-9-6-4-8(5-7-9)18-13(20)12-10-2-1-3-11(10)22-19-12/h4-7H,1-3H2,(H,18,20). The molecule has 0 saturated carbocycles. The van der Waals surface area contributed by atoms with E-state index >= 15 is 0 Å². The van der Waals surface area contributed by atoms with Crippen LogP contribution >= 0.6 is 0 Å². The van der Waals surface area contributed by atoms with E-state index in [0.29, 0.717) is 5.69 Å². The largest absolute Gasteiger partial charge is 0.573 e. The number of carbonyl (C=O) groups is 1. The van der Waals surface area contributed by atoms with Crippen molar-refractivity contribution in [2.24, 2.45) is 0 Å². The maximum absolute atomic E-state index is 12.1. The molecule has 0 saturated heterocycles. The number of hydrogen-bond donors (Lipinski definition) is 1. The molecule has 1 amide bonds. The molecule has 8 heteroatoms. The molecule has 0 bridgehead atoms. The fourth-order valence-corrected chi connectivity index (χ4v) is 2.33. The van der Waals surface area contributed by atoms with Crippen LogP contribution in [-0.2, 0) is 12.8 Å². The molecule has 1 aromatic carbocycles. The molecule has 1 aliphatic rings. The molecule has 22 heavy (non-hydrogen) atoms. The predicted octanol–water partition coefficient (Wildman–Crippen LogP) is 3.31. The van der Waals surface area contributed by atoms with Crippen LogP contribution in [0.25, 0.3) is 0 Å². The van der Waals surface area contributed by atoms with E-state index in [1.807, 2.05) is 0 Å². The van der Waals surface area contributed by atoms with Gasteiger partial charge in [-0.2, -0.15) is 0 Å². The van der Waals surface area contributed by atoms with E-state index in [1.54, 1.807) is 0 Å². The first-order valence-electron chi connectivity index (χ1n) is 6.57. The molecule has 0 fully saturated rings. The van der Waals surface area contributed by atoms with Crippen molar-refractivity contribution in [3.8, 4) is 5.75 Å². The number of rotatable bonds is 3. The number of ether oxygens (including phenoxy) is 1. The lowest BCUT2D eigenvalue weighted by molar-refractivity contribution is -0.274. The summed E-state index contributed by atoms with van der Waals surface area (Å²) < 4.78 is 45.0. The van der Waals surface area contributed by atoms with Crippen LogP contribution in [0.5, 0.6) is 5.75 Å². The van der Waals surface area contributed by atoms with Gasteiger partial charge >= 0.3 is 6.36 Å². The number of anilines is 1. The third-order valence-electron chi connectivity index (χ3n) is 3.26. The number of nitrogens with zero attached hydrogens (tertiary/aromatic N) is 1. The van der Waals surface area contributed by atoms with Gasteiger partial charge in [0.1, 0.15) is 11.5 Å². The summed E-state index contributed by atoms with van der Waals surface area (Å²) >= 11 is 0. The van der Waals surface area contributed by atoms with Crippen molar-refractivity contribution in [3.05, 3.63) is 41.3 Å². The third-order valence-corrected chi connectivity index (χ3v) is 3.26. The molecule has 3 rings (SSSR count). The van der Waals surface area contributed by atoms with Crippen LogP contribution in [0.15, 0.2) is 28.8 Å². The molecule has 0 atom stereocenters. The van der Waals surface area contributed by atoms with Gasteiger partial charge in [0.25, 0.3) is 5.91 Å². The highest BCUT2D eigenvalue weighted by Gasteiger charge is 2.31. The summed E-state index contributed by atoms with van der Waals surface area (Å²) in [6.45, 7) is 0. The van der Waals surface area contributed by atoms with Gasteiger partial charge in [-0.05, 0) is 37.1 Å². The normalized spacial score (nSPS) is 13.8. The summed E-state index contributed by atoms with van der Waals surface area (Å²) in [6, 6.07) is 4.88. The van der Waals surface area contributed by atoms with E-state index in [0.717, 1.165) is 42.7 Å². The molecule has 0 aliphatic heterocycles. The SMILES string of the molecule is O=C(Nc1ccc(OC(F)(F)F)cc1)c1noc2c1CCC2. The predicted molar refractivity (Wildman–Crippen MR) is 69.6 cm³/mol. The minimum Gasteiger partial charge on any atom is -0.406 e.